The summed E-state index contributed by atoms with van der Waals surface area (Å²) in [5.74, 6) is 0.374. The smallest absolute Gasteiger partial charge is 0.304 e. The molecule has 0 radical (unpaired) electrons. The summed E-state index contributed by atoms with van der Waals surface area (Å²) in [7, 11) is 3.19. The number of benzene rings is 1. The summed E-state index contributed by atoms with van der Waals surface area (Å²) >= 11 is 0. The molecule has 1 heterocycles. The molecule has 1 aromatic heterocycles. The maximum Gasteiger partial charge on any atom is 0.330 e. The monoisotopic (exact) mass is 357 g/mol. The van der Waals surface area contributed by atoms with Gasteiger partial charge in [-0.1, -0.05) is 58.9 Å². The minimum atomic E-state index is -0.301. The third-order valence-corrected chi connectivity index (χ3v) is 4.93. The zero-order valence-corrected chi connectivity index (χ0v) is 17.0. The van der Waals surface area contributed by atoms with E-state index in [4.69, 9.17) is 0 Å². The summed E-state index contributed by atoms with van der Waals surface area (Å²) in [5, 5.41) is 3.52. The normalized spacial score (nSPS) is 13.2. The highest BCUT2D eigenvalue weighted by molar-refractivity contribution is 5.29. The predicted molar refractivity (Wildman–Crippen MR) is 106 cm³/mol. The van der Waals surface area contributed by atoms with Crippen molar-refractivity contribution in [3.8, 4) is 0 Å². The Labute approximate surface area is 155 Å². The van der Waals surface area contributed by atoms with E-state index in [1.807, 2.05) is 0 Å². The van der Waals surface area contributed by atoms with Crippen molar-refractivity contribution in [3.63, 3.8) is 0 Å². The molecule has 0 aliphatic rings. The molecule has 0 spiro atoms. The fraction of sp³-hybridized carbons (Fsp3) is 0.524. The van der Waals surface area contributed by atoms with Crippen molar-refractivity contribution in [2.75, 3.05) is 0 Å². The highest BCUT2D eigenvalue weighted by atomic mass is 16.2. The fourth-order valence-corrected chi connectivity index (χ4v) is 3.09. The molecule has 0 amide bonds. The van der Waals surface area contributed by atoms with Gasteiger partial charge in [-0.25, -0.2) is 4.79 Å². The standard InChI is InChI=1S/C21H31N3O2/c1-14(2)19(15-8-10-16(11-9-15)21(3,4)5)22-13-17-12-18(25)24(7)20(26)23(17)6/h8-12,14,19,22H,13H2,1-7H3. The van der Waals surface area contributed by atoms with E-state index < -0.39 is 0 Å². The van der Waals surface area contributed by atoms with E-state index in [1.54, 1.807) is 7.05 Å². The van der Waals surface area contributed by atoms with E-state index in [0.29, 0.717) is 18.2 Å². The molecule has 1 atom stereocenters. The van der Waals surface area contributed by atoms with Crippen LogP contribution in [0.2, 0.25) is 0 Å². The molecule has 5 nitrogen and oxygen atoms in total. The molecule has 0 fully saturated rings. The minimum Gasteiger partial charge on any atom is -0.304 e. The van der Waals surface area contributed by atoms with E-state index in [0.717, 1.165) is 4.57 Å². The van der Waals surface area contributed by atoms with Gasteiger partial charge in [0.2, 0.25) is 0 Å². The molecule has 26 heavy (non-hydrogen) atoms. The molecular weight excluding hydrogens is 326 g/mol. The average Bonchev–Trinajstić information content (AvgIpc) is 2.57. The zero-order chi connectivity index (χ0) is 19.6. The Morgan fingerprint density at radius 3 is 2.08 bits per heavy atom. The predicted octanol–water partition coefficient (Wildman–Crippen LogP) is 2.87. The molecule has 0 saturated heterocycles. The molecule has 1 N–H and O–H groups in total. The first kappa shape index (κ1) is 20.2. The first-order valence-electron chi connectivity index (χ1n) is 9.12. The first-order valence-corrected chi connectivity index (χ1v) is 9.12. The van der Waals surface area contributed by atoms with Gasteiger partial charge in [0.25, 0.3) is 5.56 Å². The Morgan fingerprint density at radius 1 is 1.00 bits per heavy atom. The first-order chi connectivity index (χ1) is 12.0. The van der Waals surface area contributed by atoms with Crippen LogP contribution in [0.3, 0.4) is 0 Å². The summed E-state index contributed by atoms with van der Waals surface area (Å²) in [5.41, 5.74) is 2.75. The Bertz CT molecular complexity index is 868. The van der Waals surface area contributed by atoms with Gasteiger partial charge in [0.1, 0.15) is 0 Å². The zero-order valence-electron chi connectivity index (χ0n) is 17.0. The van der Waals surface area contributed by atoms with Crippen molar-refractivity contribution in [3.05, 3.63) is 68.0 Å². The SMILES string of the molecule is CC(C)C(NCc1cc(=O)n(C)c(=O)n1C)c1ccc(C(C)(C)C)cc1. The number of nitrogens with zero attached hydrogens (tertiary/aromatic N) is 2. The van der Waals surface area contributed by atoms with Crippen LogP contribution in [0.15, 0.2) is 39.9 Å². The maximum absolute atomic E-state index is 12.1. The maximum atomic E-state index is 12.1. The van der Waals surface area contributed by atoms with Gasteiger partial charge in [-0.2, -0.15) is 0 Å². The molecule has 0 saturated carbocycles. The Morgan fingerprint density at radius 2 is 1.58 bits per heavy atom. The molecule has 2 aromatic rings. The van der Waals surface area contributed by atoms with E-state index in [-0.39, 0.29) is 22.7 Å². The molecule has 1 aromatic carbocycles. The van der Waals surface area contributed by atoms with Crippen LogP contribution in [-0.2, 0) is 26.1 Å². The van der Waals surface area contributed by atoms with Gasteiger partial charge in [0.15, 0.2) is 0 Å². The van der Waals surface area contributed by atoms with Crippen LogP contribution in [0.1, 0.15) is 57.5 Å². The molecule has 5 heteroatoms. The van der Waals surface area contributed by atoms with Crippen LogP contribution < -0.4 is 16.6 Å². The van der Waals surface area contributed by atoms with Crippen LogP contribution >= 0.6 is 0 Å². The Balaban J connectivity index is 2.25. The molecule has 0 aliphatic carbocycles. The highest BCUT2D eigenvalue weighted by Crippen LogP contribution is 2.26. The van der Waals surface area contributed by atoms with Crippen molar-refractivity contribution in [1.29, 1.82) is 0 Å². The van der Waals surface area contributed by atoms with Gasteiger partial charge in [-0.15, -0.1) is 0 Å². The molecule has 142 valence electrons. The van der Waals surface area contributed by atoms with Crippen LogP contribution in [0.4, 0.5) is 0 Å². The second-order valence-corrected chi connectivity index (χ2v) is 8.35. The van der Waals surface area contributed by atoms with Crippen molar-refractivity contribution in [2.45, 2.75) is 52.6 Å². The third-order valence-electron chi connectivity index (χ3n) is 4.93. The van der Waals surface area contributed by atoms with Crippen LogP contribution in [0, 0.1) is 5.92 Å². The largest absolute Gasteiger partial charge is 0.330 e. The second kappa shape index (κ2) is 7.62. The van der Waals surface area contributed by atoms with E-state index >= 15 is 0 Å². The van der Waals surface area contributed by atoms with E-state index in [9.17, 15) is 9.59 Å². The summed E-state index contributed by atoms with van der Waals surface area (Å²) in [6.07, 6.45) is 0. The van der Waals surface area contributed by atoms with Gasteiger partial charge < -0.3 is 5.32 Å². The molecular formula is C21H31N3O2. The van der Waals surface area contributed by atoms with E-state index in [2.05, 4.69) is 64.2 Å². The fourth-order valence-electron chi connectivity index (χ4n) is 3.09. The number of aromatic nitrogens is 2. The van der Waals surface area contributed by atoms with Crippen molar-refractivity contribution in [1.82, 2.24) is 14.5 Å². The van der Waals surface area contributed by atoms with Crippen molar-refractivity contribution >= 4 is 0 Å². The topological polar surface area (TPSA) is 56.0 Å². The Kier molecular flexibility index (Phi) is 5.91. The van der Waals surface area contributed by atoms with E-state index in [1.165, 1.54) is 28.8 Å². The second-order valence-electron chi connectivity index (χ2n) is 8.35. The average molecular weight is 357 g/mol. The molecule has 2 rings (SSSR count). The van der Waals surface area contributed by atoms with Crippen molar-refractivity contribution in [2.24, 2.45) is 20.0 Å². The Hall–Kier alpha value is -2.14. The van der Waals surface area contributed by atoms with Gasteiger partial charge in [-0.3, -0.25) is 13.9 Å². The molecule has 0 aliphatic heterocycles. The van der Waals surface area contributed by atoms with Crippen LogP contribution in [0.5, 0.6) is 0 Å². The lowest BCUT2D eigenvalue weighted by Crippen LogP contribution is -2.39. The third kappa shape index (κ3) is 4.33. The van der Waals surface area contributed by atoms with Gasteiger partial charge in [0.05, 0.1) is 0 Å². The van der Waals surface area contributed by atoms with Gasteiger partial charge in [0, 0.05) is 38.4 Å². The summed E-state index contributed by atoms with van der Waals surface area (Å²) < 4.78 is 2.64. The van der Waals surface area contributed by atoms with Crippen molar-refractivity contribution < 1.29 is 0 Å². The quantitative estimate of drug-likeness (QED) is 0.895. The molecule has 1 unspecified atom stereocenters. The minimum absolute atomic E-state index is 0.127. The number of hydrogen-bond acceptors (Lipinski definition) is 3. The lowest BCUT2D eigenvalue weighted by atomic mass is 9.85. The lowest BCUT2D eigenvalue weighted by Gasteiger charge is -2.25. The van der Waals surface area contributed by atoms with Gasteiger partial charge >= 0.3 is 5.69 Å². The van der Waals surface area contributed by atoms with Gasteiger partial charge in [-0.05, 0) is 22.5 Å². The molecule has 0 bridgehead atoms. The summed E-state index contributed by atoms with van der Waals surface area (Å²) in [6.45, 7) is 11.4. The number of nitrogens with one attached hydrogen (secondary N) is 1. The summed E-state index contributed by atoms with van der Waals surface area (Å²) in [4.78, 5) is 24.0. The van der Waals surface area contributed by atoms with Crippen LogP contribution in [0.25, 0.3) is 0 Å². The lowest BCUT2D eigenvalue weighted by molar-refractivity contribution is 0.403. The number of hydrogen-bond donors (Lipinski definition) is 1. The summed E-state index contributed by atoms with van der Waals surface area (Å²) in [6, 6.07) is 10.4. The highest BCUT2D eigenvalue weighted by Gasteiger charge is 2.18. The number of rotatable bonds is 5. The van der Waals surface area contributed by atoms with Crippen LogP contribution in [-0.4, -0.2) is 9.13 Å².